The predicted octanol–water partition coefficient (Wildman–Crippen LogP) is 2.18. The van der Waals surface area contributed by atoms with Crippen LogP contribution in [0.4, 0.5) is 0 Å². The number of amides is 1. The summed E-state index contributed by atoms with van der Waals surface area (Å²) in [7, 11) is 0. The van der Waals surface area contributed by atoms with Gasteiger partial charge >= 0.3 is 5.97 Å². The van der Waals surface area contributed by atoms with Crippen molar-refractivity contribution < 1.29 is 19.4 Å². The Labute approximate surface area is 122 Å². The molecule has 0 radical (unpaired) electrons. The molecule has 0 saturated heterocycles. The van der Waals surface area contributed by atoms with E-state index in [1.54, 1.807) is 29.2 Å². The fourth-order valence-corrected chi connectivity index (χ4v) is 2.09. The van der Waals surface area contributed by atoms with Crippen molar-refractivity contribution in [3.63, 3.8) is 0 Å². The Kier molecular flexibility index (Phi) is 4.84. The number of para-hydroxylation sites is 1. The topological polar surface area (TPSA) is 66.8 Å². The highest BCUT2D eigenvalue weighted by Crippen LogP contribution is 2.28. The van der Waals surface area contributed by atoms with E-state index in [4.69, 9.17) is 21.4 Å². The van der Waals surface area contributed by atoms with Crippen LogP contribution in [0.25, 0.3) is 0 Å². The first-order chi connectivity index (χ1) is 9.58. The number of carbonyl (C=O) groups is 2. The van der Waals surface area contributed by atoms with E-state index in [-0.39, 0.29) is 31.5 Å². The summed E-state index contributed by atoms with van der Waals surface area (Å²) in [4.78, 5) is 24.3. The lowest BCUT2D eigenvalue weighted by molar-refractivity contribution is -0.139. The molecule has 0 unspecified atom stereocenters. The molecule has 108 valence electrons. The lowest BCUT2D eigenvalue weighted by Crippen LogP contribution is -2.38. The van der Waals surface area contributed by atoms with Gasteiger partial charge in [0.1, 0.15) is 5.75 Å². The number of hydrogen-bond donors (Lipinski definition) is 1. The molecule has 0 bridgehead atoms. The fraction of sp³-hybridized carbons (Fsp3) is 0.429. The van der Waals surface area contributed by atoms with Gasteiger partial charge in [0.15, 0.2) is 6.61 Å². The van der Waals surface area contributed by atoms with Gasteiger partial charge in [-0.25, -0.2) is 0 Å². The normalized spacial score (nSPS) is 13.8. The third kappa shape index (κ3) is 4.13. The van der Waals surface area contributed by atoms with Gasteiger partial charge in [-0.05, 0) is 25.0 Å². The number of carbonyl (C=O) groups excluding carboxylic acids is 1. The lowest BCUT2D eigenvalue weighted by atomic mass is 10.3. The minimum atomic E-state index is -0.907. The summed E-state index contributed by atoms with van der Waals surface area (Å²) < 4.78 is 5.39. The second kappa shape index (κ2) is 6.61. The zero-order valence-corrected chi connectivity index (χ0v) is 11.7. The van der Waals surface area contributed by atoms with Crippen molar-refractivity contribution in [2.45, 2.75) is 25.3 Å². The van der Waals surface area contributed by atoms with Crippen molar-refractivity contribution in [3.05, 3.63) is 29.3 Å². The summed E-state index contributed by atoms with van der Waals surface area (Å²) in [6.45, 7) is 0.102. The SMILES string of the molecule is O=C(O)CCN(C(=O)COc1ccccc1Cl)C1CC1. The number of carboxylic acid groups (broad SMARTS) is 1. The summed E-state index contributed by atoms with van der Waals surface area (Å²) in [6, 6.07) is 7.09. The van der Waals surface area contributed by atoms with Crippen molar-refractivity contribution in [1.29, 1.82) is 0 Å². The molecule has 1 aliphatic carbocycles. The van der Waals surface area contributed by atoms with Crippen LogP contribution in [0.5, 0.6) is 5.75 Å². The van der Waals surface area contributed by atoms with Crippen LogP contribution in [-0.2, 0) is 9.59 Å². The highest BCUT2D eigenvalue weighted by molar-refractivity contribution is 6.32. The Balaban J connectivity index is 1.88. The summed E-state index contributed by atoms with van der Waals surface area (Å²) in [5.41, 5.74) is 0. The third-order valence-electron chi connectivity index (χ3n) is 3.06. The van der Waals surface area contributed by atoms with Crippen molar-refractivity contribution in [3.8, 4) is 5.75 Å². The summed E-state index contributed by atoms with van der Waals surface area (Å²) in [5.74, 6) is -0.652. The molecule has 0 heterocycles. The van der Waals surface area contributed by atoms with E-state index in [2.05, 4.69) is 0 Å². The number of ether oxygens (including phenoxy) is 1. The third-order valence-corrected chi connectivity index (χ3v) is 3.37. The van der Waals surface area contributed by atoms with Crippen LogP contribution < -0.4 is 4.74 Å². The zero-order valence-electron chi connectivity index (χ0n) is 10.9. The molecule has 1 N–H and O–H groups in total. The second-order valence-electron chi connectivity index (χ2n) is 4.68. The van der Waals surface area contributed by atoms with Gasteiger partial charge in [-0.2, -0.15) is 0 Å². The van der Waals surface area contributed by atoms with Gasteiger partial charge in [-0.1, -0.05) is 23.7 Å². The van der Waals surface area contributed by atoms with E-state index in [1.807, 2.05) is 0 Å². The number of rotatable bonds is 7. The number of halogens is 1. The van der Waals surface area contributed by atoms with Gasteiger partial charge in [0.25, 0.3) is 5.91 Å². The average Bonchev–Trinajstić information content (AvgIpc) is 3.22. The van der Waals surface area contributed by atoms with Gasteiger partial charge in [0.05, 0.1) is 11.4 Å². The summed E-state index contributed by atoms with van der Waals surface area (Å²) in [5, 5.41) is 9.15. The fourth-order valence-electron chi connectivity index (χ4n) is 1.90. The van der Waals surface area contributed by atoms with Gasteiger partial charge in [0.2, 0.25) is 0 Å². The Bertz CT molecular complexity index is 502. The molecule has 5 nitrogen and oxygen atoms in total. The first-order valence-corrected chi connectivity index (χ1v) is 6.84. The van der Waals surface area contributed by atoms with E-state index >= 15 is 0 Å². The van der Waals surface area contributed by atoms with Crippen molar-refractivity contribution in [2.75, 3.05) is 13.2 Å². The van der Waals surface area contributed by atoms with Gasteiger partial charge in [0, 0.05) is 12.6 Å². The highest BCUT2D eigenvalue weighted by atomic mass is 35.5. The number of aliphatic carboxylic acids is 1. The molecule has 6 heteroatoms. The maximum absolute atomic E-state index is 12.1. The Hall–Kier alpha value is -1.75. The van der Waals surface area contributed by atoms with Crippen LogP contribution in [-0.4, -0.2) is 41.1 Å². The molecule has 20 heavy (non-hydrogen) atoms. The average molecular weight is 298 g/mol. The molecule has 0 spiro atoms. The van der Waals surface area contributed by atoms with Gasteiger partial charge < -0.3 is 14.7 Å². The number of nitrogens with zero attached hydrogens (tertiary/aromatic N) is 1. The highest BCUT2D eigenvalue weighted by Gasteiger charge is 2.32. The van der Waals surface area contributed by atoms with Crippen LogP contribution in [0.2, 0.25) is 5.02 Å². The Morgan fingerprint density at radius 3 is 2.65 bits per heavy atom. The van der Waals surface area contributed by atoms with E-state index in [0.29, 0.717) is 10.8 Å². The molecule has 1 fully saturated rings. The molecule has 2 rings (SSSR count). The minimum Gasteiger partial charge on any atom is -0.482 e. The van der Waals surface area contributed by atoms with Crippen molar-refractivity contribution >= 4 is 23.5 Å². The van der Waals surface area contributed by atoms with Crippen LogP contribution in [0.15, 0.2) is 24.3 Å². The van der Waals surface area contributed by atoms with Crippen molar-refractivity contribution in [1.82, 2.24) is 4.90 Å². The molecule has 0 atom stereocenters. The molecule has 0 aromatic heterocycles. The van der Waals surface area contributed by atoms with Crippen molar-refractivity contribution in [2.24, 2.45) is 0 Å². The van der Waals surface area contributed by atoms with Crippen LogP contribution >= 0.6 is 11.6 Å². The number of carboxylic acids is 1. The quantitative estimate of drug-likeness (QED) is 0.838. The molecular weight excluding hydrogens is 282 g/mol. The predicted molar refractivity (Wildman–Crippen MR) is 73.9 cm³/mol. The Morgan fingerprint density at radius 2 is 2.05 bits per heavy atom. The molecule has 1 aromatic rings. The molecule has 1 aliphatic rings. The summed E-state index contributed by atoms with van der Waals surface area (Å²) >= 11 is 5.94. The maximum Gasteiger partial charge on any atom is 0.305 e. The van der Waals surface area contributed by atoms with Crippen LogP contribution in [0.1, 0.15) is 19.3 Å². The smallest absolute Gasteiger partial charge is 0.305 e. The van der Waals surface area contributed by atoms with Crippen LogP contribution in [0, 0.1) is 0 Å². The monoisotopic (exact) mass is 297 g/mol. The van der Waals surface area contributed by atoms with Crippen LogP contribution in [0.3, 0.4) is 0 Å². The molecule has 1 amide bonds. The van der Waals surface area contributed by atoms with E-state index in [9.17, 15) is 9.59 Å². The molecular formula is C14H16ClNO4. The standard InChI is InChI=1S/C14H16ClNO4/c15-11-3-1-2-4-12(11)20-9-13(17)16(10-5-6-10)8-7-14(18)19/h1-4,10H,5-9H2,(H,18,19). The maximum atomic E-state index is 12.1. The number of hydrogen-bond acceptors (Lipinski definition) is 3. The zero-order chi connectivity index (χ0) is 14.5. The van der Waals surface area contributed by atoms with E-state index in [0.717, 1.165) is 12.8 Å². The molecule has 1 aromatic carbocycles. The lowest BCUT2D eigenvalue weighted by Gasteiger charge is -2.21. The first kappa shape index (κ1) is 14.7. The second-order valence-corrected chi connectivity index (χ2v) is 5.09. The van der Waals surface area contributed by atoms with Gasteiger partial charge in [-0.15, -0.1) is 0 Å². The van der Waals surface area contributed by atoms with E-state index < -0.39 is 5.97 Å². The van der Waals surface area contributed by atoms with E-state index in [1.165, 1.54) is 0 Å². The Morgan fingerprint density at radius 1 is 1.35 bits per heavy atom. The number of benzene rings is 1. The largest absolute Gasteiger partial charge is 0.482 e. The molecule has 0 aliphatic heterocycles. The first-order valence-electron chi connectivity index (χ1n) is 6.46. The summed E-state index contributed by atoms with van der Waals surface area (Å²) in [6.07, 6.45) is 1.81. The molecule has 1 saturated carbocycles. The van der Waals surface area contributed by atoms with Gasteiger partial charge in [-0.3, -0.25) is 9.59 Å². The minimum absolute atomic E-state index is 0.0473.